The number of rotatable bonds is 3. The van der Waals surface area contributed by atoms with E-state index in [1.165, 1.54) is 0 Å². The van der Waals surface area contributed by atoms with Crippen LogP contribution in [0.15, 0.2) is 47.0 Å². The first kappa shape index (κ1) is 16.9. The molecule has 2 saturated carbocycles. The molecule has 6 rings (SSSR count). The second kappa shape index (κ2) is 7.47. The van der Waals surface area contributed by atoms with Crippen LogP contribution in [0.4, 0.5) is 0 Å². The molecule has 158 valence electrons. The Morgan fingerprint density at radius 3 is 2.42 bits per heavy atom. The number of hydrogen-bond donors (Lipinski definition) is 0. The van der Waals surface area contributed by atoms with Crippen molar-refractivity contribution in [2.45, 2.75) is 70.1 Å². The van der Waals surface area contributed by atoms with E-state index in [4.69, 9.17) is 12.1 Å². The third-order valence-electron chi connectivity index (χ3n) is 7.31. The highest BCUT2D eigenvalue weighted by Crippen LogP contribution is 2.40. The van der Waals surface area contributed by atoms with Crippen molar-refractivity contribution < 1.29 is 11.7 Å². The fourth-order valence-electron chi connectivity index (χ4n) is 5.52. The zero-order valence-corrected chi connectivity index (χ0v) is 18.5. The second-order valence-corrected chi connectivity index (χ2v) is 9.32. The van der Waals surface area contributed by atoms with Crippen molar-refractivity contribution >= 4 is 22.1 Å². The third-order valence-corrected chi connectivity index (χ3v) is 7.31. The van der Waals surface area contributed by atoms with E-state index in [9.17, 15) is 0 Å². The maximum atomic E-state index is 9.02. The van der Waals surface area contributed by atoms with Crippen LogP contribution in [0.25, 0.3) is 33.3 Å². The summed E-state index contributed by atoms with van der Waals surface area (Å²) in [5, 5.41) is 2.06. The topological polar surface area (TPSA) is 29.9 Å². The van der Waals surface area contributed by atoms with Crippen molar-refractivity contribution in [3.05, 3.63) is 59.4 Å². The summed E-state index contributed by atoms with van der Waals surface area (Å²) in [6.07, 6.45) is 10.1. The molecule has 3 heteroatoms. The van der Waals surface area contributed by atoms with Gasteiger partial charge >= 0.3 is 0 Å². The fraction of sp³-hybridized carbons (Fsp3) is 0.429. The lowest BCUT2D eigenvalue weighted by molar-refractivity contribution is -0.660. The van der Waals surface area contributed by atoms with Gasteiger partial charge in [-0.25, -0.2) is 9.55 Å². The van der Waals surface area contributed by atoms with E-state index in [1.807, 2.05) is 6.07 Å². The Balaban J connectivity index is 1.55. The highest BCUT2D eigenvalue weighted by atomic mass is 16.3. The van der Waals surface area contributed by atoms with E-state index in [1.54, 1.807) is 0 Å². The summed E-state index contributed by atoms with van der Waals surface area (Å²) in [7, 11) is 2.06. The summed E-state index contributed by atoms with van der Waals surface area (Å²) < 4.78 is 26.5. The Morgan fingerprint density at radius 2 is 1.65 bits per heavy atom. The fourth-order valence-corrected chi connectivity index (χ4v) is 5.52. The van der Waals surface area contributed by atoms with Gasteiger partial charge in [0.25, 0.3) is 0 Å². The normalized spacial score (nSPS) is 21.0. The minimum atomic E-state index is -0.587. The first-order chi connectivity index (χ1) is 15.9. The average Bonchev–Trinajstić information content (AvgIpc) is 3.53. The van der Waals surface area contributed by atoms with Gasteiger partial charge in [0.15, 0.2) is 11.8 Å². The molecule has 0 saturated heterocycles. The maximum Gasteiger partial charge on any atom is 0.227 e. The van der Waals surface area contributed by atoms with Crippen LogP contribution in [0.1, 0.15) is 82.7 Å². The van der Waals surface area contributed by atoms with Gasteiger partial charge in [-0.15, -0.1) is 0 Å². The molecule has 3 aromatic heterocycles. The van der Waals surface area contributed by atoms with Crippen LogP contribution in [-0.2, 0) is 7.05 Å². The molecule has 2 fully saturated rings. The number of furan rings is 1. The van der Waals surface area contributed by atoms with E-state index in [0.29, 0.717) is 5.71 Å². The van der Waals surface area contributed by atoms with E-state index in [-0.39, 0.29) is 0 Å². The predicted octanol–water partition coefficient (Wildman–Crippen LogP) is 7.10. The molecule has 4 aromatic rings. The monoisotopic (exact) mass is 413 g/mol. The molecular formula is C28H31N2O+. The van der Waals surface area contributed by atoms with Gasteiger partial charge in [0, 0.05) is 37.2 Å². The van der Waals surface area contributed by atoms with Crippen LogP contribution < -0.4 is 4.57 Å². The molecule has 2 aliphatic rings. The van der Waals surface area contributed by atoms with Gasteiger partial charge in [-0.1, -0.05) is 37.8 Å². The molecular weight excluding hydrogens is 380 g/mol. The van der Waals surface area contributed by atoms with Crippen molar-refractivity contribution in [3.8, 4) is 11.3 Å². The number of fused-ring (bicyclic) bond motifs is 3. The molecule has 0 amide bonds. The molecule has 0 radical (unpaired) electrons. The van der Waals surface area contributed by atoms with E-state index < -0.39 is 11.8 Å². The van der Waals surface area contributed by atoms with Gasteiger partial charge in [0.1, 0.15) is 7.05 Å². The average molecular weight is 414 g/mol. The highest BCUT2D eigenvalue weighted by Gasteiger charge is 2.25. The zero-order valence-electron chi connectivity index (χ0n) is 20.5. The smallest absolute Gasteiger partial charge is 0.227 e. The Morgan fingerprint density at radius 1 is 0.935 bits per heavy atom. The van der Waals surface area contributed by atoms with Gasteiger partial charge in [-0.2, -0.15) is 0 Å². The molecule has 3 nitrogen and oxygen atoms in total. The lowest BCUT2D eigenvalue weighted by Crippen LogP contribution is -2.31. The SMILES string of the molecule is [2H]C1(c2cc[n+](C)c(-c3c(C)ccc4c3oc3nc(C5([2H])CCCC5)ccc34)c2)CCCC1. The molecule has 0 spiro atoms. The largest absolute Gasteiger partial charge is 0.437 e. The summed E-state index contributed by atoms with van der Waals surface area (Å²) in [4.78, 5) is 4.85. The van der Waals surface area contributed by atoms with Crippen LogP contribution in [0.3, 0.4) is 0 Å². The van der Waals surface area contributed by atoms with Gasteiger partial charge in [-0.05, 0) is 61.8 Å². The third kappa shape index (κ3) is 3.17. The van der Waals surface area contributed by atoms with Crippen LogP contribution in [-0.4, -0.2) is 4.98 Å². The van der Waals surface area contributed by atoms with Crippen molar-refractivity contribution in [1.82, 2.24) is 4.98 Å². The van der Waals surface area contributed by atoms with Gasteiger partial charge in [0.05, 0.1) is 5.56 Å². The highest BCUT2D eigenvalue weighted by molar-refractivity contribution is 6.08. The molecule has 0 unspecified atom stereocenters. The number of pyridine rings is 2. The molecule has 0 bridgehead atoms. The minimum absolute atomic E-state index is 0.487. The molecule has 31 heavy (non-hydrogen) atoms. The van der Waals surface area contributed by atoms with Gasteiger partial charge in [-0.3, -0.25) is 0 Å². The Kier molecular flexibility index (Phi) is 4.09. The number of nitrogens with zero attached hydrogens (tertiary/aromatic N) is 2. The Bertz CT molecular complexity index is 1380. The Hall–Kier alpha value is -2.68. The Labute approximate surface area is 186 Å². The number of aryl methyl sites for hydroxylation is 2. The quantitative estimate of drug-likeness (QED) is 0.335. The van der Waals surface area contributed by atoms with E-state index in [2.05, 4.69) is 55.1 Å². The number of hydrogen-bond acceptors (Lipinski definition) is 2. The summed E-state index contributed by atoms with van der Waals surface area (Å²) in [5.74, 6) is -1.07. The van der Waals surface area contributed by atoms with Crippen molar-refractivity contribution in [2.75, 3.05) is 0 Å². The van der Waals surface area contributed by atoms with E-state index >= 15 is 0 Å². The van der Waals surface area contributed by atoms with Crippen molar-refractivity contribution in [2.24, 2.45) is 7.05 Å². The van der Waals surface area contributed by atoms with Gasteiger partial charge in [0.2, 0.25) is 11.4 Å². The first-order valence-corrected chi connectivity index (χ1v) is 11.7. The minimum Gasteiger partial charge on any atom is -0.437 e. The predicted molar refractivity (Wildman–Crippen MR) is 125 cm³/mol. The van der Waals surface area contributed by atoms with Crippen LogP contribution in [0, 0.1) is 6.92 Å². The van der Waals surface area contributed by atoms with E-state index in [0.717, 1.165) is 95.8 Å². The lowest BCUT2D eigenvalue weighted by atomic mass is 9.94. The molecule has 0 N–H and O–H groups in total. The van der Waals surface area contributed by atoms with Crippen molar-refractivity contribution in [1.29, 1.82) is 0 Å². The zero-order chi connectivity index (χ0) is 22.8. The second-order valence-electron chi connectivity index (χ2n) is 9.32. The number of benzene rings is 1. The molecule has 0 atom stereocenters. The number of aromatic nitrogens is 2. The molecule has 1 aromatic carbocycles. The maximum absolute atomic E-state index is 9.02. The summed E-state index contributed by atoms with van der Waals surface area (Å²) in [6, 6.07) is 12.7. The van der Waals surface area contributed by atoms with Crippen LogP contribution in [0.2, 0.25) is 0 Å². The lowest BCUT2D eigenvalue weighted by Gasteiger charge is -2.11. The molecule has 2 aliphatic carbocycles. The van der Waals surface area contributed by atoms with Crippen LogP contribution in [0.5, 0.6) is 0 Å². The first-order valence-electron chi connectivity index (χ1n) is 12.7. The summed E-state index contributed by atoms with van der Waals surface area (Å²) in [5.41, 5.74) is 6.68. The van der Waals surface area contributed by atoms with Crippen LogP contribution >= 0.6 is 0 Å². The summed E-state index contributed by atoms with van der Waals surface area (Å²) >= 11 is 0. The standard InChI is InChI=1S/C28H31N2O/c1-18-11-12-22-23-13-14-24(20-9-5-6-10-20)29-28(23)31-27(22)26(18)25-17-21(15-16-30(25)2)19-7-3-4-8-19/h11-17,19-20H,3-10H2,1-2H3/q+1/i19D,20D. The summed E-state index contributed by atoms with van der Waals surface area (Å²) in [6.45, 7) is 2.12. The molecule has 0 aliphatic heterocycles. The van der Waals surface area contributed by atoms with Crippen molar-refractivity contribution in [3.63, 3.8) is 0 Å². The molecule has 3 heterocycles. The van der Waals surface area contributed by atoms with Gasteiger partial charge < -0.3 is 4.42 Å².